The number of rotatable bonds is 3. The number of piperazine rings is 1. The van der Waals surface area contributed by atoms with E-state index in [0.717, 1.165) is 0 Å². The average molecular weight is 485 g/mol. The molecule has 0 aliphatic carbocycles. The summed E-state index contributed by atoms with van der Waals surface area (Å²) in [4.78, 5) is 34.2. The van der Waals surface area contributed by atoms with Gasteiger partial charge in [0.2, 0.25) is 0 Å². The second-order valence-corrected chi connectivity index (χ2v) is 8.60. The van der Waals surface area contributed by atoms with E-state index in [2.05, 4.69) is 10.1 Å². The number of fused-ring (bicyclic) bond motifs is 1. The summed E-state index contributed by atoms with van der Waals surface area (Å²) in [5.74, 6) is 0.169. The van der Waals surface area contributed by atoms with Crippen LogP contribution in [-0.2, 0) is 0 Å². The van der Waals surface area contributed by atoms with Crippen molar-refractivity contribution in [2.75, 3.05) is 26.2 Å². The van der Waals surface area contributed by atoms with Crippen LogP contribution < -0.4 is 0 Å². The third-order valence-corrected chi connectivity index (χ3v) is 6.02. The summed E-state index contributed by atoms with van der Waals surface area (Å²) in [5, 5.41) is 5.35. The van der Waals surface area contributed by atoms with Crippen molar-refractivity contribution in [2.45, 2.75) is 6.92 Å². The highest BCUT2D eigenvalue weighted by Gasteiger charge is 2.29. The third-order valence-electron chi connectivity index (χ3n) is 5.58. The number of hydrogen-bond donors (Lipinski definition) is 0. The van der Waals surface area contributed by atoms with Gasteiger partial charge >= 0.3 is 0 Å². The molecule has 5 rings (SSSR count). The van der Waals surface area contributed by atoms with E-state index in [1.165, 1.54) is 6.26 Å². The SMILES string of the molecule is Cc1noc2nc(-c3ccco3)cc(C(=O)N3CCN(C(=O)c4cc(Cl)cc(Cl)c4)CC3)c12. The predicted molar refractivity (Wildman–Crippen MR) is 123 cm³/mol. The van der Waals surface area contributed by atoms with E-state index in [-0.39, 0.29) is 17.5 Å². The summed E-state index contributed by atoms with van der Waals surface area (Å²) in [5.41, 5.74) is 2.20. The van der Waals surface area contributed by atoms with Gasteiger partial charge in [0, 0.05) is 41.8 Å². The molecule has 1 fully saturated rings. The number of pyridine rings is 1. The Morgan fingerprint density at radius 1 is 0.970 bits per heavy atom. The molecule has 168 valence electrons. The largest absolute Gasteiger partial charge is 0.463 e. The number of carbonyl (C=O) groups excluding carboxylic acids is 2. The highest BCUT2D eigenvalue weighted by atomic mass is 35.5. The molecule has 10 heteroatoms. The molecule has 1 saturated heterocycles. The van der Waals surface area contributed by atoms with E-state index >= 15 is 0 Å². The lowest BCUT2D eigenvalue weighted by Gasteiger charge is -2.35. The van der Waals surface area contributed by atoms with Gasteiger partial charge in [0.15, 0.2) is 5.76 Å². The minimum Gasteiger partial charge on any atom is -0.463 e. The Morgan fingerprint density at radius 2 is 1.64 bits per heavy atom. The van der Waals surface area contributed by atoms with Gasteiger partial charge in [0.25, 0.3) is 17.5 Å². The van der Waals surface area contributed by atoms with Crippen molar-refractivity contribution in [3.05, 3.63) is 69.5 Å². The first-order valence-electron chi connectivity index (χ1n) is 10.3. The van der Waals surface area contributed by atoms with Gasteiger partial charge in [-0.1, -0.05) is 28.4 Å². The second-order valence-electron chi connectivity index (χ2n) is 7.72. The molecule has 0 radical (unpaired) electrons. The number of hydrogen-bond acceptors (Lipinski definition) is 6. The zero-order valence-corrected chi connectivity index (χ0v) is 19.1. The zero-order valence-electron chi connectivity index (χ0n) is 17.5. The average Bonchev–Trinajstić information content (AvgIpc) is 3.47. The molecule has 0 unspecified atom stereocenters. The molecule has 2 amide bonds. The molecule has 0 atom stereocenters. The van der Waals surface area contributed by atoms with Gasteiger partial charge in [-0.15, -0.1) is 0 Å². The van der Waals surface area contributed by atoms with Crippen molar-refractivity contribution in [3.8, 4) is 11.5 Å². The molecule has 0 saturated carbocycles. The molecule has 0 N–H and O–H groups in total. The molecule has 0 spiro atoms. The smallest absolute Gasteiger partial charge is 0.259 e. The van der Waals surface area contributed by atoms with Crippen LogP contribution in [0.25, 0.3) is 22.6 Å². The summed E-state index contributed by atoms with van der Waals surface area (Å²) < 4.78 is 10.8. The maximum atomic E-state index is 13.5. The molecule has 1 aliphatic rings. The lowest BCUT2D eigenvalue weighted by atomic mass is 10.1. The van der Waals surface area contributed by atoms with Gasteiger partial charge < -0.3 is 18.7 Å². The van der Waals surface area contributed by atoms with Gasteiger partial charge in [-0.05, 0) is 43.3 Å². The van der Waals surface area contributed by atoms with Crippen LogP contribution >= 0.6 is 23.2 Å². The van der Waals surface area contributed by atoms with E-state index in [9.17, 15) is 9.59 Å². The molecule has 0 bridgehead atoms. The zero-order chi connectivity index (χ0) is 23.1. The fourth-order valence-electron chi connectivity index (χ4n) is 3.96. The molecule has 1 aromatic carbocycles. The van der Waals surface area contributed by atoms with Crippen LogP contribution in [0.2, 0.25) is 10.0 Å². The van der Waals surface area contributed by atoms with E-state index < -0.39 is 0 Å². The highest BCUT2D eigenvalue weighted by Crippen LogP contribution is 2.28. The molecular weight excluding hydrogens is 467 g/mol. The van der Waals surface area contributed by atoms with Gasteiger partial charge in [0.1, 0.15) is 5.69 Å². The van der Waals surface area contributed by atoms with Crippen molar-refractivity contribution in [2.24, 2.45) is 0 Å². The summed E-state index contributed by atoms with van der Waals surface area (Å²) in [6.07, 6.45) is 1.54. The maximum absolute atomic E-state index is 13.5. The van der Waals surface area contributed by atoms with Gasteiger partial charge in [-0.2, -0.15) is 0 Å². The number of halogens is 2. The number of aromatic nitrogens is 2. The van der Waals surface area contributed by atoms with Crippen LogP contribution in [0.4, 0.5) is 0 Å². The summed E-state index contributed by atoms with van der Waals surface area (Å²) in [6.45, 7) is 3.29. The van der Waals surface area contributed by atoms with Crippen LogP contribution in [0.15, 0.2) is 51.6 Å². The van der Waals surface area contributed by atoms with E-state index in [4.69, 9.17) is 32.1 Å². The molecule has 4 aromatic rings. The topological polar surface area (TPSA) is 92.7 Å². The number of aryl methyl sites for hydroxylation is 1. The van der Waals surface area contributed by atoms with Crippen LogP contribution in [0, 0.1) is 6.92 Å². The van der Waals surface area contributed by atoms with Gasteiger partial charge in [0.05, 0.1) is 22.9 Å². The lowest BCUT2D eigenvalue weighted by Crippen LogP contribution is -2.50. The number of benzene rings is 1. The first-order valence-corrected chi connectivity index (χ1v) is 11.0. The molecule has 8 nitrogen and oxygen atoms in total. The van der Waals surface area contributed by atoms with Crippen molar-refractivity contribution in [1.29, 1.82) is 0 Å². The Morgan fingerprint density at radius 3 is 2.27 bits per heavy atom. The number of nitrogens with zero attached hydrogens (tertiary/aromatic N) is 4. The minimum atomic E-state index is -0.181. The molecule has 3 aromatic heterocycles. The van der Waals surface area contributed by atoms with Crippen LogP contribution in [0.1, 0.15) is 26.4 Å². The quantitative estimate of drug-likeness (QED) is 0.418. The van der Waals surface area contributed by atoms with E-state index in [0.29, 0.717) is 69.9 Å². The standard InChI is InChI=1S/C23H18Cl2N4O4/c1-13-20-17(12-18(19-3-2-8-32-19)26-21(20)33-27-13)23(31)29-6-4-28(5-7-29)22(30)14-9-15(24)11-16(25)10-14/h2-3,8-12H,4-7H2,1H3. The van der Waals surface area contributed by atoms with Gasteiger partial charge in [-0.3, -0.25) is 9.59 Å². The molecule has 4 heterocycles. The van der Waals surface area contributed by atoms with Crippen molar-refractivity contribution < 1.29 is 18.5 Å². The fraction of sp³-hybridized carbons (Fsp3) is 0.217. The normalized spacial score (nSPS) is 14.2. The molecular formula is C23H18Cl2N4O4. The van der Waals surface area contributed by atoms with Crippen molar-refractivity contribution >= 4 is 46.1 Å². The Labute approximate surface area is 198 Å². The van der Waals surface area contributed by atoms with Crippen LogP contribution in [0.3, 0.4) is 0 Å². The number of furan rings is 1. The van der Waals surface area contributed by atoms with Crippen LogP contribution in [-0.4, -0.2) is 57.9 Å². The van der Waals surface area contributed by atoms with E-state index in [1.807, 2.05) is 0 Å². The first kappa shape index (κ1) is 21.5. The number of carbonyl (C=O) groups is 2. The molecule has 1 aliphatic heterocycles. The Hall–Kier alpha value is -3.36. The Balaban J connectivity index is 1.38. The fourth-order valence-corrected chi connectivity index (χ4v) is 4.48. The van der Waals surface area contributed by atoms with Crippen molar-refractivity contribution in [3.63, 3.8) is 0 Å². The van der Waals surface area contributed by atoms with Crippen molar-refractivity contribution in [1.82, 2.24) is 19.9 Å². The monoisotopic (exact) mass is 484 g/mol. The van der Waals surface area contributed by atoms with Gasteiger partial charge in [-0.25, -0.2) is 4.98 Å². The molecule has 33 heavy (non-hydrogen) atoms. The Bertz CT molecular complexity index is 1340. The predicted octanol–water partition coefficient (Wildman–Crippen LogP) is 4.70. The third kappa shape index (κ3) is 4.07. The number of amides is 2. The summed E-state index contributed by atoms with van der Waals surface area (Å²) in [7, 11) is 0. The summed E-state index contributed by atoms with van der Waals surface area (Å²) >= 11 is 12.1. The summed E-state index contributed by atoms with van der Waals surface area (Å²) in [6, 6.07) is 9.96. The lowest BCUT2D eigenvalue weighted by molar-refractivity contribution is 0.0536. The highest BCUT2D eigenvalue weighted by molar-refractivity contribution is 6.35. The second kappa shape index (κ2) is 8.53. The van der Waals surface area contributed by atoms with E-state index in [1.54, 1.807) is 53.1 Å². The van der Waals surface area contributed by atoms with Crippen LogP contribution in [0.5, 0.6) is 0 Å². The first-order chi connectivity index (χ1) is 15.9. The maximum Gasteiger partial charge on any atom is 0.259 e. The minimum absolute atomic E-state index is 0.173. The Kier molecular flexibility index (Phi) is 5.55.